The highest BCUT2D eigenvalue weighted by molar-refractivity contribution is 6.30. The van der Waals surface area contributed by atoms with Crippen molar-refractivity contribution < 1.29 is 4.79 Å². The maximum Gasteiger partial charge on any atom is 0.270 e. The van der Waals surface area contributed by atoms with Crippen LogP contribution in [0.15, 0.2) is 18.3 Å². The monoisotopic (exact) mass is 322 g/mol. The van der Waals surface area contributed by atoms with Gasteiger partial charge in [-0.1, -0.05) is 31.9 Å². The van der Waals surface area contributed by atoms with Crippen molar-refractivity contribution >= 4 is 23.2 Å². The predicted octanol–water partition coefficient (Wildman–Crippen LogP) is 2.80. The second-order valence-corrected chi connectivity index (χ2v) is 5.81. The molecule has 6 heteroatoms. The fourth-order valence-corrected chi connectivity index (χ4v) is 2.81. The molecule has 120 valence electrons. The molecule has 2 rings (SSSR count). The van der Waals surface area contributed by atoms with E-state index in [4.69, 9.17) is 17.3 Å². The lowest BCUT2D eigenvalue weighted by molar-refractivity contribution is 0.0926. The third-order valence-corrected chi connectivity index (χ3v) is 3.92. The Hall–Kier alpha value is -1.59. The second kappa shape index (κ2) is 7.61. The Balaban J connectivity index is 2.35. The van der Waals surface area contributed by atoms with Gasteiger partial charge in [-0.25, -0.2) is 4.98 Å². The van der Waals surface area contributed by atoms with E-state index < -0.39 is 0 Å². The molecule has 1 atom stereocenters. The van der Waals surface area contributed by atoms with Crippen molar-refractivity contribution in [2.75, 3.05) is 6.54 Å². The number of nitrogens with two attached hydrogens (primary N) is 1. The number of rotatable bonds is 7. The van der Waals surface area contributed by atoms with Crippen molar-refractivity contribution in [2.24, 2.45) is 5.73 Å². The van der Waals surface area contributed by atoms with Gasteiger partial charge >= 0.3 is 0 Å². The summed E-state index contributed by atoms with van der Waals surface area (Å²) in [5.41, 5.74) is 7.72. The lowest BCUT2D eigenvalue weighted by Crippen LogP contribution is -2.37. The fraction of sp³-hybridized carbons (Fsp3) is 0.500. The van der Waals surface area contributed by atoms with Gasteiger partial charge in [0.05, 0.1) is 10.7 Å². The first-order chi connectivity index (χ1) is 10.6. The normalized spacial score (nSPS) is 12.5. The molecule has 0 fully saturated rings. The minimum atomic E-state index is -0.112. The van der Waals surface area contributed by atoms with Gasteiger partial charge in [0.15, 0.2) is 0 Å². The van der Waals surface area contributed by atoms with Gasteiger partial charge in [0, 0.05) is 12.2 Å². The highest BCUT2D eigenvalue weighted by atomic mass is 35.5. The van der Waals surface area contributed by atoms with E-state index in [1.165, 1.54) is 0 Å². The van der Waals surface area contributed by atoms with E-state index in [2.05, 4.69) is 17.2 Å². The van der Waals surface area contributed by atoms with Gasteiger partial charge in [0.2, 0.25) is 0 Å². The molecule has 0 radical (unpaired) electrons. The Morgan fingerprint density at radius 3 is 2.82 bits per heavy atom. The summed E-state index contributed by atoms with van der Waals surface area (Å²) in [6, 6.07) is 3.69. The SMILES string of the molecule is CCCC(CCN)NC(=O)c1c(CC)nc2ccc(Cl)cn12. The van der Waals surface area contributed by atoms with Crippen LogP contribution < -0.4 is 11.1 Å². The number of aryl methyl sites for hydroxylation is 1. The predicted molar refractivity (Wildman–Crippen MR) is 89.4 cm³/mol. The topological polar surface area (TPSA) is 72.4 Å². The molecule has 2 aromatic heterocycles. The van der Waals surface area contributed by atoms with Crippen LogP contribution in [0.3, 0.4) is 0 Å². The molecule has 5 nitrogen and oxygen atoms in total. The van der Waals surface area contributed by atoms with Crippen LogP contribution in [-0.4, -0.2) is 27.9 Å². The van der Waals surface area contributed by atoms with Crippen molar-refractivity contribution in [3.8, 4) is 0 Å². The first-order valence-electron chi connectivity index (χ1n) is 7.78. The number of nitrogens with zero attached hydrogens (tertiary/aromatic N) is 2. The maximum atomic E-state index is 12.7. The van der Waals surface area contributed by atoms with Gasteiger partial charge in [-0.15, -0.1) is 0 Å². The van der Waals surface area contributed by atoms with Crippen molar-refractivity contribution in [1.82, 2.24) is 14.7 Å². The second-order valence-electron chi connectivity index (χ2n) is 5.37. The number of carbonyl (C=O) groups is 1. The van der Waals surface area contributed by atoms with Crippen LogP contribution in [-0.2, 0) is 6.42 Å². The van der Waals surface area contributed by atoms with Crippen molar-refractivity contribution in [1.29, 1.82) is 0 Å². The molecule has 0 aliphatic rings. The number of pyridine rings is 1. The molecule has 0 aliphatic carbocycles. The minimum Gasteiger partial charge on any atom is -0.348 e. The van der Waals surface area contributed by atoms with Crippen LogP contribution in [0.5, 0.6) is 0 Å². The molecule has 2 aromatic rings. The van der Waals surface area contributed by atoms with E-state index in [-0.39, 0.29) is 11.9 Å². The van der Waals surface area contributed by atoms with E-state index in [0.29, 0.717) is 23.7 Å². The minimum absolute atomic E-state index is 0.0944. The van der Waals surface area contributed by atoms with Gasteiger partial charge in [0.1, 0.15) is 11.3 Å². The van der Waals surface area contributed by atoms with Gasteiger partial charge in [-0.3, -0.25) is 9.20 Å². The fourth-order valence-electron chi connectivity index (χ4n) is 2.65. The maximum absolute atomic E-state index is 12.7. The van der Waals surface area contributed by atoms with Crippen LogP contribution >= 0.6 is 11.6 Å². The molecular weight excluding hydrogens is 300 g/mol. The highest BCUT2D eigenvalue weighted by Gasteiger charge is 2.20. The molecular formula is C16H23ClN4O. The molecule has 1 amide bonds. The van der Waals surface area contributed by atoms with Crippen molar-refractivity contribution in [3.05, 3.63) is 34.7 Å². The Kier molecular flexibility index (Phi) is 5.80. The van der Waals surface area contributed by atoms with E-state index in [0.717, 1.165) is 30.6 Å². The smallest absolute Gasteiger partial charge is 0.270 e. The highest BCUT2D eigenvalue weighted by Crippen LogP contribution is 2.18. The molecule has 22 heavy (non-hydrogen) atoms. The molecule has 2 heterocycles. The van der Waals surface area contributed by atoms with E-state index in [9.17, 15) is 4.79 Å². The largest absolute Gasteiger partial charge is 0.348 e. The number of halogens is 1. The molecule has 0 saturated heterocycles. The van der Waals surface area contributed by atoms with Gasteiger partial charge in [-0.05, 0) is 37.9 Å². The summed E-state index contributed by atoms with van der Waals surface area (Å²) >= 11 is 6.06. The van der Waals surface area contributed by atoms with Crippen LogP contribution in [0.25, 0.3) is 5.65 Å². The molecule has 0 saturated carbocycles. The van der Waals surface area contributed by atoms with Crippen LogP contribution in [0, 0.1) is 0 Å². The average molecular weight is 323 g/mol. The number of aromatic nitrogens is 2. The lowest BCUT2D eigenvalue weighted by Gasteiger charge is -2.17. The van der Waals surface area contributed by atoms with Crippen LogP contribution in [0.1, 0.15) is 49.3 Å². The number of amides is 1. The quantitative estimate of drug-likeness (QED) is 0.823. The van der Waals surface area contributed by atoms with Gasteiger partial charge in [0.25, 0.3) is 5.91 Å². The molecule has 0 bridgehead atoms. The van der Waals surface area contributed by atoms with Gasteiger partial charge in [-0.2, -0.15) is 0 Å². The number of nitrogens with one attached hydrogen (secondary N) is 1. The number of carbonyl (C=O) groups excluding carboxylic acids is 1. The first kappa shape index (κ1) is 16.8. The van der Waals surface area contributed by atoms with E-state index >= 15 is 0 Å². The first-order valence-corrected chi connectivity index (χ1v) is 8.15. The van der Waals surface area contributed by atoms with E-state index in [1.54, 1.807) is 16.7 Å². The summed E-state index contributed by atoms with van der Waals surface area (Å²) in [5.74, 6) is -0.112. The average Bonchev–Trinajstić information content (AvgIpc) is 2.85. The van der Waals surface area contributed by atoms with Crippen LogP contribution in [0.2, 0.25) is 5.02 Å². The van der Waals surface area contributed by atoms with Crippen molar-refractivity contribution in [2.45, 2.75) is 45.6 Å². The number of fused-ring (bicyclic) bond motifs is 1. The molecule has 0 spiro atoms. The Labute approximate surface area is 135 Å². The zero-order valence-corrected chi connectivity index (χ0v) is 13.9. The Morgan fingerprint density at radius 1 is 1.41 bits per heavy atom. The Bertz CT molecular complexity index is 647. The molecule has 0 aliphatic heterocycles. The summed E-state index contributed by atoms with van der Waals surface area (Å²) in [6.07, 6.45) is 5.12. The summed E-state index contributed by atoms with van der Waals surface area (Å²) < 4.78 is 1.77. The standard InChI is InChI=1S/C16H23ClN4O/c1-3-5-12(8-9-18)19-16(22)15-13(4-2)20-14-7-6-11(17)10-21(14)15/h6-7,10,12H,3-5,8-9,18H2,1-2H3,(H,19,22). The van der Waals surface area contributed by atoms with Crippen LogP contribution in [0.4, 0.5) is 0 Å². The number of hydrogen-bond donors (Lipinski definition) is 2. The van der Waals surface area contributed by atoms with E-state index in [1.807, 2.05) is 13.0 Å². The number of hydrogen-bond acceptors (Lipinski definition) is 3. The lowest BCUT2D eigenvalue weighted by atomic mass is 10.1. The summed E-state index contributed by atoms with van der Waals surface area (Å²) in [7, 11) is 0. The third-order valence-electron chi connectivity index (χ3n) is 3.69. The summed E-state index contributed by atoms with van der Waals surface area (Å²) in [6.45, 7) is 4.65. The Morgan fingerprint density at radius 2 is 2.18 bits per heavy atom. The zero-order chi connectivity index (χ0) is 16.1. The number of imidazole rings is 1. The summed E-state index contributed by atoms with van der Waals surface area (Å²) in [5, 5.41) is 3.66. The zero-order valence-electron chi connectivity index (χ0n) is 13.1. The molecule has 0 aromatic carbocycles. The van der Waals surface area contributed by atoms with Gasteiger partial charge < -0.3 is 11.1 Å². The van der Waals surface area contributed by atoms with Crippen molar-refractivity contribution in [3.63, 3.8) is 0 Å². The molecule has 3 N–H and O–H groups in total. The summed E-state index contributed by atoms with van der Waals surface area (Å²) in [4.78, 5) is 17.2. The third kappa shape index (κ3) is 3.59. The molecule has 1 unspecified atom stereocenters.